The normalized spacial score (nSPS) is 10.3. The molecule has 3 nitrogen and oxygen atoms in total. The monoisotopic (exact) mass is 252 g/mol. The van der Waals surface area contributed by atoms with Crippen LogP contribution in [0.4, 0.5) is 4.39 Å². The molecule has 0 saturated heterocycles. The summed E-state index contributed by atoms with van der Waals surface area (Å²) < 4.78 is 18.7. The van der Waals surface area contributed by atoms with E-state index < -0.39 is 5.82 Å². The number of ether oxygens (including phenoxy) is 1. The smallest absolute Gasteiger partial charge is 0.255 e. The van der Waals surface area contributed by atoms with Crippen molar-refractivity contribution in [1.82, 2.24) is 4.98 Å². The van der Waals surface area contributed by atoms with Crippen molar-refractivity contribution in [3.05, 3.63) is 52.9 Å². The molecule has 0 bridgehead atoms. The Labute approximate surface area is 103 Å². The van der Waals surface area contributed by atoms with E-state index in [-0.39, 0.29) is 12.4 Å². The molecule has 0 aliphatic carbocycles. The molecule has 5 heteroatoms. The van der Waals surface area contributed by atoms with Gasteiger partial charge in [0.15, 0.2) is 5.82 Å². The Morgan fingerprint density at radius 2 is 2.12 bits per heavy atom. The molecule has 88 valence electrons. The number of nitrogens with two attached hydrogens (primary N) is 1. The number of hydrogen-bond donors (Lipinski definition) is 1. The van der Waals surface area contributed by atoms with Gasteiger partial charge in [0.25, 0.3) is 5.88 Å². The summed E-state index contributed by atoms with van der Waals surface area (Å²) in [4.78, 5) is 3.80. The van der Waals surface area contributed by atoms with Gasteiger partial charge in [-0.3, -0.25) is 0 Å². The van der Waals surface area contributed by atoms with Gasteiger partial charge in [-0.25, -0.2) is 9.37 Å². The highest BCUT2D eigenvalue weighted by atomic mass is 35.5. The topological polar surface area (TPSA) is 48.1 Å². The van der Waals surface area contributed by atoms with Gasteiger partial charge in [0, 0.05) is 23.3 Å². The first-order chi connectivity index (χ1) is 8.22. The summed E-state index contributed by atoms with van der Waals surface area (Å²) >= 11 is 5.96. The van der Waals surface area contributed by atoms with Gasteiger partial charge in [-0.1, -0.05) is 17.7 Å². The highest BCUT2D eigenvalue weighted by molar-refractivity contribution is 6.31. The summed E-state index contributed by atoms with van der Waals surface area (Å²) in [6.07, 6.45) is 1.45. The van der Waals surface area contributed by atoms with E-state index >= 15 is 0 Å². The minimum absolute atomic E-state index is 0.0931. The fourth-order valence-electron chi connectivity index (χ4n) is 1.38. The zero-order chi connectivity index (χ0) is 12.3. The van der Waals surface area contributed by atoms with Crippen molar-refractivity contribution in [2.75, 3.05) is 0 Å². The van der Waals surface area contributed by atoms with Gasteiger partial charge in [0.05, 0.1) is 0 Å². The van der Waals surface area contributed by atoms with E-state index in [1.807, 2.05) is 0 Å². The second kappa shape index (κ2) is 5.12. The van der Waals surface area contributed by atoms with Gasteiger partial charge in [0.1, 0.15) is 5.75 Å². The van der Waals surface area contributed by atoms with Crippen molar-refractivity contribution >= 4 is 11.6 Å². The molecule has 0 aliphatic heterocycles. The Morgan fingerprint density at radius 1 is 1.29 bits per heavy atom. The second-order valence-corrected chi connectivity index (χ2v) is 3.72. The van der Waals surface area contributed by atoms with Crippen LogP contribution >= 0.6 is 11.6 Å². The summed E-state index contributed by atoms with van der Waals surface area (Å²) in [6.45, 7) is 0.212. The summed E-state index contributed by atoms with van der Waals surface area (Å²) in [7, 11) is 0. The molecule has 1 heterocycles. The third-order valence-corrected chi connectivity index (χ3v) is 2.57. The number of pyridine rings is 1. The summed E-state index contributed by atoms with van der Waals surface area (Å²) in [6, 6.07) is 7.84. The van der Waals surface area contributed by atoms with Crippen LogP contribution in [0.5, 0.6) is 11.6 Å². The molecule has 1 aromatic carbocycles. The average molecular weight is 253 g/mol. The molecular weight excluding hydrogens is 243 g/mol. The molecule has 2 aromatic rings. The van der Waals surface area contributed by atoms with E-state index in [9.17, 15) is 4.39 Å². The summed E-state index contributed by atoms with van der Waals surface area (Å²) in [5.74, 6) is -0.211. The lowest BCUT2D eigenvalue weighted by molar-refractivity contribution is 0.419. The Balaban J connectivity index is 2.37. The summed E-state index contributed by atoms with van der Waals surface area (Å²) in [5, 5.41) is 0.487. The first-order valence-electron chi connectivity index (χ1n) is 4.98. The van der Waals surface area contributed by atoms with Crippen LogP contribution in [0.3, 0.4) is 0 Å². The Hall–Kier alpha value is -1.65. The number of benzene rings is 1. The van der Waals surface area contributed by atoms with Crippen LogP contribution in [-0.4, -0.2) is 4.98 Å². The molecule has 0 unspecified atom stereocenters. The van der Waals surface area contributed by atoms with E-state index in [1.165, 1.54) is 18.3 Å². The van der Waals surface area contributed by atoms with Crippen molar-refractivity contribution in [2.24, 2.45) is 5.73 Å². The van der Waals surface area contributed by atoms with Crippen LogP contribution in [0.1, 0.15) is 5.56 Å². The quantitative estimate of drug-likeness (QED) is 0.913. The van der Waals surface area contributed by atoms with Crippen molar-refractivity contribution < 1.29 is 9.13 Å². The molecule has 0 atom stereocenters. The van der Waals surface area contributed by atoms with Crippen LogP contribution in [0.15, 0.2) is 36.5 Å². The zero-order valence-corrected chi connectivity index (χ0v) is 9.62. The zero-order valence-electron chi connectivity index (χ0n) is 8.86. The predicted molar refractivity (Wildman–Crippen MR) is 63.6 cm³/mol. The first-order valence-corrected chi connectivity index (χ1v) is 5.36. The van der Waals surface area contributed by atoms with E-state index in [0.29, 0.717) is 16.3 Å². The number of rotatable bonds is 3. The van der Waals surface area contributed by atoms with Crippen LogP contribution in [0.2, 0.25) is 5.02 Å². The van der Waals surface area contributed by atoms with Crippen molar-refractivity contribution in [2.45, 2.75) is 6.54 Å². The lowest BCUT2D eigenvalue weighted by Crippen LogP contribution is -2.01. The molecule has 0 spiro atoms. The number of nitrogens with zero attached hydrogens (tertiary/aromatic N) is 1. The Morgan fingerprint density at radius 3 is 2.82 bits per heavy atom. The number of hydrogen-bond acceptors (Lipinski definition) is 3. The van der Waals surface area contributed by atoms with Crippen LogP contribution in [0, 0.1) is 5.82 Å². The molecule has 2 rings (SSSR count). The second-order valence-electron chi connectivity index (χ2n) is 3.31. The van der Waals surface area contributed by atoms with Gasteiger partial charge < -0.3 is 10.5 Å². The molecule has 1 aromatic heterocycles. The van der Waals surface area contributed by atoms with Gasteiger partial charge in [-0.05, 0) is 24.3 Å². The lowest BCUT2D eigenvalue weighted by atomic mass is 10.2. The first kappa shape index (κ1) is 11.8. The fourth-order valence-corrected chi connectivity index (χ4v) is 1.63. The van der Waals surface area contributed by atoms with E-state index in [2.05, 4.69) is 4.98 Å². The number of halogens is 2. The third-order valence-electron chi connectivity index (χ3n) is 2.21. The molecular formula is C12H10ClFN2O. The standard InChI is InChI=1S/C12H10ClFN2O/c13-9-3-1-5-11(8(9)7-15)17-12-10(14)4-2-6-16-12/h1-6H,7,15H2. The van der Waals surface area contributed by atoms with Gasteiger partial charge >= 0.3 is 0 Å². The maximum Gasteiger partial charge on any atom is 0.255 e. The molecule has 17 heavy (non-hydrogen) atoms. The Kier molecular flexibility index (Phi) is 3.56. The van der Waals surface area contributed by atoms with E-state index in [1.54, 1.807) is 18.2 Å². The molecule has 0 radical (unpaired) electrons. The Bertz CT molecular complexity index is 534. The molecule has 0 fully saturated rings. The lowest BCUT2D eigenvalue weighted by Gasteiger charge is -2.10. The minimum Gasteiger partial charge on any atom is -0.436 e. The molecule has 0 aliphatic rings. The molecule has 0 saturated carbocycles. The maximum atomic E-state index is 13.4. The summed E-state index contributed by atoms with van der Waals surface area (Å²) in [5.41, 5.74) is 6.19. The van der Waals surface area contributed by atoms with Gasteiger partial charge in [0.2, 0.25) is 0 Å². The van der Waals surface area contributed by atoms with Crippen LogP contribution in [-0.2, 0) is 6.54 Å². The minimum atomic E-state index is -0.532. The largest absolute Gasteiger partial charge is 0.436 e. The SMILES string of the molecule is NCc1c(Cl)cccc1Oc1ncccc1F. The van der Waals surface area contributed by atoms with Gasteiger partial charge in [-0.2, -0.15) is 0 Å². The van der Waals surface area contributed by atoms with Crippen molar-refractivity contribution in [3.8, 4) is 11.6 Å². The average Bonchev–Trinajstić information content (AvgIpc) is 2.32. The predicted octanol–water partition coefficient (Wildman–Crippen LogP) is 3.13. The highest BCUT2D eigenvalue weighted by Gasteiger charge is 2.10. The number of aromatic nitrogens is 1. The maximum absolute atomic E-state index is 13.4. The fraction of sp³-hybridized carbons (Fsp3) is 0.0833. The van der Waals surface area contributed by atoms with Crippen LogP contribution < -0.4 is 10.5 Å². The van der Waals surface area contributed by atoms with Crippen molar-refractivity contribution in [1.29, 1.82) is 0 Å². The highest BCUT2D eigenvalue weighted by Crippen LogP contribution is 2.30. The van der Waals surface area contributed by atoms with E-state index in [0.717, 1.165) is 0 Å². The van der Waals surface area contributed by atoms with Gasteiger partial charge in [-0.15, -0.1) is 0 Å². The van der Waals surface area contributed by atoms with E-state index in [4.69, 9.17) is 22.1 Å². The third kappa shape index (κ3) is 2.54. The van der Waals surface area contributed by atoms with Crippen molar-refractivity contribution in [3.63, 3.8) is 0 Å². The molecule has 0 amide bonds. The van der Waals surface area contributed by atoms with Crippen LogP contribution in [0.25, 0.3) is 0 Å². The molecule has 2 N–H and O–H groups in total.